The molecule has 2 N–H and O–H groups in total. The first-order valence-corrected chi connectivity index (χ1v) is 6.97. The Morgan fingerprint density at radius 1 is 1.24 bits per heavy atom. The summed E-state index contributed by atoms with van der Waals surface area (Å²) in [5.41, 5.74) is 8.12. The standard InChI is InChI=1S/C16H19N3O2/c1-19(10-13-4-2-3-7-18-13)14(9-17)12-5-6-15-16(8-12)21-11-20-15/h2-8,14H,9-11,17H2,1H3. The zero-order chi connectivity index (χ0) is 14.7. The molecule has 0 fully saturated rings. The van der Waals surface area contributed by atoms with Gasteiger partial charge >= 0.3 is 0 Å². The van der Waals surface area contributed by atoms with Gasteiger partial charge < -0.3 is 15.2 Å². The molecule has 110 valence electrons. The van der Waals surface area contributed by atoms with Crippen molar-refractivity contribution < 1.29 is 9.47 Å². The molecule has 0 saturated carbocycles. The average Bonchev–Trinajstić information content (AvgIpc) is 2.96. The van der Waals surface area contributed by atoms with Crippen molar-refractivity contribution >= 4 is 0 Å². The molecule has 3 rings (SSSR count). The van der Waals surface area contributed by atoms with Gasteiger partial charge in [-0.25, -0.2) is 0 Å². The van der Waals surface area contributed by atoms with E-state index in [4.69, 9.17) is 15.2 Å². The van der Waals surface area contributed by atoms with Crippen molar-refractivity contribution in [1.82, 2.24) is 9.88 Å². The summed E-state index contributed by atoms with van der Waals surface area (Å²) in [7, 11) is 2.05. The minimum Gasteiger partial charge on any atom is -0.454 e. The number of rotatable bonds is 5. The normalized spacial score (nSPS) is 14.4. The smallest absolute Gasteiger partial charge is 0.231 e. The highest BCUT2D eigenvalue weighted by atomic mass is 16.7. The number of likely N-dealkylation sites (N-methyl/N-ethyl adjacent to an activating group) is 1. The molecule has 2 aromatic rings. The lowest BCUT2D eigenvalue weighted by atomic mass is 10.0. The van der Waals surface area contributed by atoms with Crippen LogP contribution in [0, 0.1) is 0 Å². The van der Waals surface area contributed by atoms with Crippen LogP contribution >= 0.6 is 0 Å². The van der Waals surface area contributed by atoms with Gasteiger partial charge in [0.1, 0.15) is 0 Å². The number of aromatic nitrogens is 1. The third-order valence-electron chi connectivity index (χ3n) is 3.67. The molecule has 1 aromatic carbocycles. The molecule has 1 aromatic heterocycles. The van der Waals surface area contributed by atoms with Gasteiger partial charge in [0, 0.05) is 25.3 Å². The Kier molecular flexibility index (Phi) is 4.03. The second-order valence-corrected chi connectivity index (χ2v) is 5.10. The maximum atomic E-state index is 5.97. The first-order valence-electron chi connectivity index (χ1n) is 6.97. The van der Waals surface area contributed by atoms with E-state index in [0.29, 0.717) is 6.54 Å². The summed E-state index contributed by atoms with van der Waals surface area (Å²) < 4.78 is 10.8. The van der Waals surface area contributed by atoms with E-state index in [0.717, 1.165) is 29.3 Å². The van der Waals surface area contributed by atoms with Crippen LogP contribution in [-0.4, -0.2) is 30.3 Å². The third-order valence-corrected chi connectivity index (χ3v) is 3.67. The Morgan fingerprint density at radius 3 is 2.86 bits per heavy atom. The van der Waals surface area contributed by atoms with Crippen molar-refractivity contribution in [3.63, 3.8) is 0 Å². The Hall–Kier alpha value is -2.11. The number of hydrogen-bond donors (Lipinski definition) is 1. The molecule has 2 heterocycles. The fraction of sp³-hybridized carbons (Fsp3) is 0.312. The van der Waals surface area contributed by atoms with Crippen molar-refractivity contribution in [1.29, 1.82) is 0 Å². The highest BCUT2D eigenvalue weighted by Gasteiger charge is 2.20. The van der Waals surface area contributed by atoms with E-state index in [9.17, 15) is 0 Å². The number of benzene rings is 1. The molecule has 0 spiro atoms. The van der Waals surface area contributed by atoms with Gasteiger partial charge in [-0.3, -0.25) is 9.88 Å². The SMILES string of the molecule is CN(Cc1ccccn1)C(CN)c1ccc2c(c1)OCO2. The minimum atomic E-state index is 0.113. The summed E-state index contributed by atoms with van der Waals surface area (Å²) in [4.78, 5) is 6.55. The number of hydrogen-bond acceptors (Lipinski definition) is 5. The Morgan fingerprint density at radius 2 is 2.10 bits per heavy atom. The van der Waals surface area contributed by atoms with Gasteiger partial charge in [-0.15, -0.1) is 0 Å². The van der Waals surface area contributed by atoms with E-state index < -0.39 is 0 Å². The molecule has 5 nitrogen and oxygen atoms in total. The van der Waals surface area contributed by atoms with Gasteiger partial charge in [0.25, 0.3) is 0 Å². The Balaban J connectivity index is 1.78. The predicted molar refractivity (Wildman–Crippen MR) is 80.1 cm³/mol. The van der Waals surface area contributed by atoms with E-state index in [1.165, 1.54) is 0 Å². The van der Waals surface area contributed by atoms with Crippen LogP contribution in [0.1, 0.15) is 17.3 Å². The number of pyridine rings is 1. The molecule has 0 aliphatic carbocycles. The van der Waals surface area contributed by atoms with E-state index in [-0.39, 0.29) is 12.8 Å². The third kappa shape index (κ3) is 2.99. The second kappa shape index (κ2) is 6.11. The quantitative estimate of drug-likeness (QED) is 0.909. The molecule has 1 unspecified atom stereocenters. The van der Waals surface area contributed by atoms with E-state index in [2.05, 4.69) is 16.9 Å². The molecule has 5 heteroatoms. The lowest BCUT2D eigenvalue weighted by molar-refractivity contribution is 0.173. The fourth-order valence-corrected chi connectivity index (χ4v) is 2.55. The first-order chi connectivity index (χ1) is 10.3. The van der Waals surface area contributed by atoms with Crippen molar-refractivity contribution in [3.8, 4) is 11.5 Å². The molecule has 0 bridgehead atoms. The van der Waals surface area contributed by atoms with Crippen LogP contribution in [0.2, 0.25) is 0 Å². The van der Waals surface area contributed by atoms with Gasteiger partial charge in [0.15, 0.2) is 11.5 Å². The summed E-state index contributed by atoms with van der Waals surface area (Å²) in [6.07, 6.45) is 1.81. The van der Waals surface area contributed by atoms with Crippen LogP contribution < -0.4 is 15.2 Å². The fourth-order valence-electron chi connectivity index (χ4n) is 2.55. The summed E-state index contributed by atoms with van der Waals surface area (Å²) in [6, 6.07) is 12.0. The van der Waals surface area contributed by atoms with Crippen molar-refractivity contribution in [2.75, 3.05) is 20.4 Å². The highest BCUT2D eigenvalue weighted by Crippen LogP contribution is 2.35. The van der Waals surface area contributed by atoms with Crippen LogP contribution in [0.5, 0.6) is 11.5 Å². The maximum Gasteiger partial charge on any atom is 0.231 e. The number of nitrogens with two attached hydrogens (primary N) is 1. The molecule has 0 radical (unpaired) electrons. The molecule has 1 aliphatic rings. The van der Waals surface area contributed by atoms with Crippen molar-refractivity contribution in [3.05, 3.63) is 53.9 Å². The largest absolute Gasteiger partial charge is 0.454 e. The maximum absolute atomic E-state index is 5.97. The van der Waals surface area contributed by atoms with E-state index in [1.807, 2.05) is 36.4 Å². The van der Waals surface area contributed by atoms with E-state index in [1.54, 1.807) is 6.20 Å². The lowest BCUT2D eigenvalue weighted by Gasteiger charge is -2.27. The molecular formula is C16H19N3O2. The van der Waals surface area contributed by atoms with Crippen LogP contribution in [0.4, 0.5) is 0 Å². The molecule has 0 saturated heterocycles. The van der Waals surface area contributed by atoms with Gasteiger partial charge in [0.2, 0.25) is 6.79 Å². The van der Waals surface area contributed by atoms with Gasteiger partial charge in [0.05, 0.1) is 5.69 Å². The summed E-state index contributed by atoms with van der Waals surface area (Å²) in [5, 5.41) is 0. The Bertz CT molecular complexity index is 604. The van der Waals surface area contributed by atoms with Crippen molar-refractivity contribution in [2.24, 2.45) is 5.73 Å². The number of ether oxygens (including phenoxy) is 2. The van der Waals surface area contributed by atoms with Crippen LogP contribution in [0.3, 0.4) is 0 Å². The minimum absolute atomic E-state index is 0.113. The van der Waals surface area contributed by atoms with E-state index >= 15 is 0 Å². The summed E-state index contributed by atoms with van der Waals surface area (Å²) in [6.45, 7) is 1.57. The topological polar surface area (TPSA) is 60.6 Å². The molecule has 1 atom stereocenters. The average molecular weight is 285 g/mol. The predicted octanol–water partition coefficient (Wildman–Crippen LogP) is 1.94. The monoisotopic (exact) mass is 285 g/mol. The van der Waals surface area contributed by atoms with Gasteiger partial charge in [-0.05, 0) is 36.9 Å². The number of fused-ring (bicyclic) bond motifs is 1. The molecule has 21 heavy (non-hydrogen) atoms. The summed E-state index contributed by atoms with van der Waals surface area (Å²) in [5.74, 6) is 1.58. The zero-order valence-electron chi connectivity index (χ0n) is 12.0. The van der Waals surface area contributed by atoms with Crippen LogP contribution in [0.15, 0.2) is 42.6 Å². The lowest BCUT2D eigenvalue weighted by Crippen LogP contribution is -2.30. The summed E-state index contributed by atoms with van der Waals surface area (Å²) >= 11 is 0. The highest BCUT2D eigenvalue weighted by molar-refractivity contribution is 5.45. The Labute approximate surface area is 124 Å². The zero-order valence-corrected chi connectivity index (χ0v) is 12.0. The first kappa shape index (κ1) is 13.9. The van der Waals surface area contributed by atoms with Gasteiger partial charge in [-0.2, -0.15) is 0 Å². The second-order valence-electron chi connectivity index (χ2n) is 5.10. The molecular weight excluding hydrogens is 266 g/mol. The van der Waals surface area contributed by atoms with Crippen molar-refractivity contribution in [2.45, 2.75) is 12.6 Å². The van der Waals surface area contributed by atoms with Crippen LogP contribution in [0.25, 0.3) is 0 Å². The van der Waals surface area contributed by atoms with Crippen LogP contribution in [-0.2, 0) is 6.54 Å². The molecule has 1 aliphatic heterocycles. The number of nitrogens with zero attached hydrogens (tertiary/aromatic N) is 2. The van der Waals surface area contributed by atoms with Gasteiger partial charge in [-0.1, -0.05) is 12.1 Å². The molecule has 0 amide bonds.